The molecule has 0 aliphatic rings. The van der Waals surface area contributed by atoms with Crippen LogP contribution in [-0.2, 0) is 14.6 Å². The molecule has 1 atom stereocenters. The van der Waals surface area contributed by atoms with Crippen molar-refractivity contribution in [3.63, 3.8) is 0 Å². The molecule has 7 nitrogen and oxygen atoms in total. The second kappa shape index (κ2) is 5.60. The van der Waals surface area contributed by atoms with E-state index < -0.39 is 21.8 Å². The minimum absolute atomic E-state index is 0.0275. The van der Waals surface area contributed by atoms with Gasteiger partial charge in [-0.1, -0.05) is 0 Å². The van der Waals surface area contributed by atoms with Gasteiger partial charge in [-0.3, -0.25) is 0 Å². The van der Waals surface area contributed by atoms with Gasteiger partial charge in [0.05, 0.1) is 12.4 Å². The van der Waals surface area contributed by atoms with Gasteiger partial charge in [-0.15, -0.1) is 0 Å². The number of carbonyl (C=O) groups is 1. The highest BCUT2D eigenvalue weighted by molar-refractivity contribution is 7.90. The second-order valence-corrected chi connectivity index (χ2v) is 6.61. The number of aromatic nitrogens is 2. The molecule has 0 aromatic carbocycles. The molecule has 0 spiro atoms. The molecule has 1 aromatic rings. The van der Waals surface area contributed by atoms with Gasteiger partial charge in [0.25, 0.3) is 0 Å². The zero-order valence-corrected chi connectivity index (χ0v) is 12.3. The van der Waals surface area contributed by atoms with Crippen LogP contribution in [0.4, 0.5) is 5.82 Å². The molecule has 0 bridgehead atoms. The van der Waals surface area contributed by atoms with Crippen molar-refractivity contribution in [1.82, 2.24) is 9.55 Å². The maximum atomic E-state index is 11.6. The molecule has 1 unspecified atom stereocenters. The van der Waals surface area contributed by atoms with E-state index in [9.17, 15) is 13.2 Å². The van der Waals surface area contributed by atoms with E-state index in [4.69, 9.17) is 10.5 Å². The zero-order valence-electron chi connectivity index (χ0n) is 11.5. The van der Waals surface area contributed by atoms with E-state index >= 15 is 0 Å². The smallest absolute Gasteiger partial charge is 0.360 e. The van der Waals surface area contributed by atoms with Gasteiger partial charge in [0.15, 0.2) is 5.69 Å². The lowest BCUT2D eigenvalue weighted by atomic mass is 10.3. The number of esters is 1. The number of imidazole rings is 1. The largest absolute Gasteiger partial charge is 0.461 e. The Labute approximate surface area is 112 Å². The quantitative estimate of drug-likeness (QED) is 0.794. The predicted molar refractivity (Wildman–Crippen MR) is 71.8 cm³/mol. The first-order valence-electron chi connectivity index (χ1n) is 5.86. The van der Waals surface area contributed by atoms with E-state index in [1.807, 2.05) is 0 Å². The third-order valence-corrected chi connectivity index (χ3v) is 3.67. The maximum Gasteiger partial charge on any atom is 0.360 e. The standard InChI is InChI=1S/C11H19N3O4S/c1-5-18-11(15)9-10(12)14(8(3)13-9)7(2)6-19(4,16)17/h7H,5-6,12H2,1-4H3. The number of nitrogen functional groups attached to an aromatic ring is 1. The molecule has 2 N–H and O–H groups in total. The van der Waals surface area contributed by atoms with Gasteiger partial charge in [-0.25, -0.2) is 18.2 Å². The van der Waals surface area contributed by atoms with Gasteiger partial charge in [0, 0.05) is 12.3 Å². The van der Waals surface area contributed by atoms with E-state index in [0.29, 0.717) is 5.82 Å². The van der Waals surface area contributed by atoms with Crippen molar-refractivity contribution in [3.05, 3.63) is 11.5 Å². The van der Waals surface area contributed by atoms with Crippen molar-refractivity contribution < 1.29 is 17.9 Å². The van der Waals surface area contributed by atoms with Crippen molar-refractivity contribution in [2.24, 2.45) is 0 Å². The molecular formula is C11H19N3O4S. The van der Waals surface area contributed by atoms with Crippen LogP contribution >= 0.6 is 0 Å². The van der Waals surface area contributed by atoms with Gasteiger partial charge in [-0.2, -0.15) is 0 Å². The van der Waals surface area contributed by atoms with E-state index in [1.165, 1.54) is 4.57 Å². The molecule has 0 amide bonds. The number of hydrogen-bond donors (Lipinski definition) is 1. The summed E-state index contributed by atoms with van der Waals surface area (Å²) < 4.78 is 29.0. The monoisotopic (exact) mass is 289 g/mol. The van der Waals surface area contributed by atoms with E-state index in [1.54, 1.807) is 20.8 Å². The summed E-state index contributed by atoms with van der Waals surface area (Å²) in [6.45, 7) is 5.28. The zero-order chi connectivity index (χ0) is 14.8. The third-order valence-electron chi connectivity index (χ3n) is 2.58. The van der Waals surface area contributed by atoms with Gasteiger partial charge in [0.2, 0.25) is 0 Å². The molecule has 0 saturated heterocycles. The van der Waals surface area contributed by atoms with Crippen molar-refractivity contribution in [1.29, 1.82) is 0 Å². The molecule has 1 rings (SSSR count). The summed E-state index contributed by atoms with van der Waals surface area (Å²) in [4.78, 5) is 15.7. The minimum atomic E-state index is -3.15. The molecule has 1 aromatic heterocycles. The van der Waals surface area contributed by atoms with Crippen molar-refractivity contribution in [2.75, 3.05) is 24.3 Å². The Hall–Kier alpha value is -1.57. The number of ether oxygens (including phenoxy) is 1. The van der Waals surface area contributed by atoms with Crippen LogP contribution in [-0.4, -0.2) is 42.6 Å². The highest BCUT2D eigenvalue weighted by atomic mass is 32.2. The first-order valence-corrected chi connectivity index (χ1v) is 7.92. The van der Waals surface area contributed by atoms with E-state index in [2.05, 4.69) is 4.98 Å². The fourth-order valence-corrected chi connectivity index (χ4v) is 3.01. The molecule has 108 valence electrons. The highest BCUT2D eigenvalue weighted by Gasteiger charge is 2.23. The van der Waals surface area contributed by atoms with Crippen LogP contribution in [0.2, 0.25) is 0 Å². The predicted octanol–water partition coefficient (Wildman–Crippen LogP) is 0.556. The molecule has 0 saturated carbocycles. The number of anilines is 1. The first-order chi connectivity index (χ1) is 8.67. The number of aryl methyl sites for hydroxylation is 1. The average Bonchev–Trinajstić information content (AvgIpc) is 2.52. The number of carbonyl (C=O) groups excluding carboxylic acids is 1. The summed E-state index contributed by atoms with van der Waals surface area (Å²) in [6.07, 6.45) is 1.15. The van der Waals surface area contributed by atoms with Crippen molar-refractivity contribution >= 4 is 21.6 Å². The Morgan fingerprint density at radius 2 is 2.11 bits per heavy atom. The Morgan fingerprint density at radius 1 is 1.53 bits per heavy atom. The fraction of sp³-hybridized carbons (Fsp3) is 0.636. The maximum absolute atomic E-state index is 11.6. The normalized spacial score (nSPS) is 13.3. The van der Waals surface area contributed by atoms with Crippen LogP contribution in [0.25, 0.3) is 0 Å². The number of rotatable bonds is 5. The number of hydrogen-bond acceptors (Lipinski definition) is 6. The molecule has 0 radical (unpaired) electrons. The van der Waals surface area contributed by atoms with Crippen LogP contribution in [0, 0.1) is 6.92 Å². The van der Waals surface area contributed by atoms with Crippen molar-refractivity contribution in [2.45, 2.75) is 26.8 Å². The molecule has 0 aliphatic carbocycles. The summed E-state index contributed by atoms with van der Waals surface area (Å²) in [7, 11) is -3.15. The van der Waals surface area contributed by atoms with Crippen LogP contribution < -0.4 is 5.73 Å². The van der Waals surface area contributed by atoms with Gasteiger partial charge in [-0.05, 0) is 20.8 Å². The van der Waals surface area contributed by atoms with E-state index in [0.717, 1.165) is 6.26 Å². The van der Waals surface area contributed by atoms with Crippen molar-refractivity contribution in [3.8, 4) is 0 Å². The summed E-state index contributed by atoms with van der Waals surface area (Å²) in [5.41, 5.74) is 5.89. The summed E-state index contributed by atoms with van der Waals surface area (Å²) in [6, 6.07) is -0.398. The lowest BCUT2D eigenvalue weighted by molar-refractivity contribution is 0.0521. The summed E-state index contributed by atoms with van der Waals surface area (Å²) >= 11 is 0. The molecular weight excluding hydrogens is 270 g/mol. The summed E-state index contributed by atoms with van der Waals surface area (Å²) in [5, 5.41) is 0. The first kappa shape index (κ1) is 15.5. The lowest BCUT2D eigenvalue weighted by Crippen LogP contribution is -2.19. The molecule has 19 heavy (non-hydrogen) atoms. The Balaban J connectivity index is 3.13. The summed E-state index contributed by atoms with van der Waals surface area (Å²) in [5.74, 6) is -0.0614. The van der Waals surface area contributed by atoms with E-state index in [-0.39, 0.29) is 23.9 Å². The topological polar surface area (TPSA) is 104 Å². The Kier molecular flexibility index (Phi) is 4.56. The second-order valence-electron chi connectivity index (χ2n) is 4.42. The molecule has 8 heteroatoms. The number of sulfone groups is 1. The van der Waals surface area contributed by atoms with Gasteiger partial charge < -0.3 is 15.0 Å². The Morgan fingerprint density at radius 3 is 2.58 bits per heavy atom. The molecule has 1 heterocycles. The fourth-order valence-electron chi connectivity index (χ4n) is 1.98. The van der Waals surface area contributed by atoms with Gasteiger partial charge >= 0.3 is 5.97 Å². The van der Waals surface area contributed by atoms with Crippen LogP contribution in [0.15, 0.2) is 0 Å². The number of nitrogens with zero attached hydrogens (tertiary/aromatic N) is 2. The van der Waals surface area contributed by atoms with Gasteiger partial charge in [0.1, 0.15) is 21.5 Å². The SMILES string of the molecule is CCOC(=O)c1nc(C)n(C(C)CS(C)(=O)=O)c1N. The highest BCUT2D eigenvalue weighted by Crippen LogP contribution is 2.21. The third kappa shape index (κ3) is 3.69. The van der Waals surface area contributed by atoms with Crippen LogP contribution in [0.5, 0.6) is 0 Å². The Bertz CT molecular complexity index is 577. The van der Waals surface area contributed by atoms with Crippen LogP contribution in [0.1, 0.15) is 36.2 Å². The number of nitrogens with two attached hydrogens (primary N) is 1. The molecule has 0 fully saturated rings. The minimum Gasteiger partial charge on any atom is -0.461 e. The average molecular weight is 289 g/mol. The lowest BCUT2D eigenvalue weighted by Gasteiger charge is -2.15. The van der Waals surface area contributed by atoms with Crippen LogP contribution in [0.3, 0.4) is 0 Å². The molecule has 0 aliphatic heterocycles.